The number of benzene rings is 2. The van der Waals surface area contributed by atoms with Gasteiger partial charge in [0.2, 0.25) is 0 Å². The van der Waals surface area contributed by atoms with Crippen molar-refractivity contribution < 1.29 is 4.79 Å². The van der Waals surface area contributed by atoms with Gasteiger partial charge in [0.1, 0.15) is 0 Å². The van der Waals surface area contributed by atoms with Crippen molar-refractivity contribution in [1.82, 2.24) is 0 Å². The van der Waals surface area contributed by atoms with Crippen LogP contribution in [-0.4, -0.2) is 5.91 Å². The molecular weight excluding hydrogens is 328 g/mol. The smallest absolute Gasteiger partial charge is 0.255 e. The van der Waals surface area contributed by atoms with Gasteiger partial charge in [-0.15, -0.1) is 0 Å². The fourth-order valence-corrected chi connectivity index (χ4v) is 2.53. The fourth-order valence-electron chi connectivity index (χ4n) is 1.67. The van der Waals surface area contributed by atoms with E-state index >= 15 is 0 Å². The van der Waals surface area contributed by atoms with E-state index in [1.807, 2.05) is 13.0 Å². The second-order valence-electron chi connectivity index (χ2n) is 4.13. The quantitative estimate of drug-likeness (QED) is 0.804. The number of hydrogen-bond donors (Lipinski definition) is 2. The van der Waals surface area contributed by atoms with E-state index in [0.717, 1.165) is 10.0 Å². The first-order valence-corrected chi connectivity index (χ1v) is 6.77. The summed E-state index contributed by atoms with van der Waals surface area (Å²) in [6.45, 7) is 1.86. The zero-order chi connectivity index (χ0) is 14.0. The molecule has 0 saturated carbocycles. The number of anilines is 2. The van der Waals surface area contributed by atoms with E-state index in [1.165, 1.54) is 0 Å². The monoisotopic (exact) mass is 338 g/mol. The van der Waals surface area contributed by atoms with Crippen molar-refractivity contribution in [3.8, 4) is 0 Å². The molecule has 0 spiro atoms. The standard InChI is InChI=1S/C14H12BrClN2O/c1-8-12(17)3-2-4-13(8)18-14(19)9-5-10(15)7-11(16)6-9/h2-7H,17H2,1H3,(H,18,19). The van der Waals surface area contributed by atoms with E-state index in [0.29, 0.717) is 22.0 Å². The van der Waals surface area contributed by atoms with Crippen LogP contribution in [0.15, 0.2) is 40.9 Å². The first kappa shape index (κ1) is 13.9. The third-order valence-corrected chi connectivity index (χ3v) is 3.42. The molecule has 0 atom stereocenters. The van der Waals surface area contributed by atoms with Crippen molar-refractivity contribution >= 4 is 44.8 Å². The second kappa shape index (κ2) is 5.63. The highest BCUT2D eigenvalue weighted by Gasteiger charge is 2.10. The van der Waals surface area contributed by atoms with Gasteiger partial charge in [-0.25, -0.2) is 0 Å². The first-order valence-electron chi connectivity index (χ1n) is 5.60. The summed E-state index contributed by atoms with van der Waals surface area (Å²) in [6, 6.07) is 10.5. The van der Waals surface area contributed by atoms with Crippen LogP contribution in [0.5, 0.6) is 0 Å². The van der Waals surface area contributed by atoms with Crippen LogP contribution in [0.1, 0.15) is 15.9 Å². The number of hydrogen-bond acceptors (Lipinski definition) is 2. The highest BCUT2D eigenvalue weighted by Crippen LogP contribution is 2.23. The van der Waals surface area contributed by atoms with Gasteiger partial charge in [0.15, 0.2) is 0 Å². The Kier molecular flexibility index (Phi) is 4.12. The maximum Gasteiger partial charge on any atom is 0.255 e. The highest BCUT2D eigenvalue weighted by atomic mass is 79.9. The third-order valence-electron chi connectivity index (χ3n) is 2.75. The summed E-state index contributed by atoms with van der Waals surface area (Å²) < 4.78 is 0.759. The summed E-state index contributed by atoms with van der Waals surface area (Å²) in [5.74, 6) is -0.225. The number of amides is 1. The van der Waals surface area contributed by atoms with Crippen LogP contribution in [0.3, 0.4) is 0 Å². The van der Waals surface area contributed by atoms with Crippen LogP contribution in [0, 0.1) is 6.92 Å². The highest BCUT2D eigenvalue weighted by molar-refractivity contribution is 9.10. The van der Waals surface area contributed by atoms with Crippen molar-refractivity contribution in [2.45, 2.75) is 6.92 Å². The molecule has 2 rings (SSSR count). The third kappa shape index (κ3) is 3.28. The summed E-state index contributed by atoms with van der Waals surface area (Å²) in [4.78, 5) is 12.2. The molecular formula is C14H12BrClN2O. The summed E-state index contributed by atoms with van der Waals surface area (Å²) in [5, 5.41) is 3.33. The van der Waals surface area contributed by atoms with Crippen molar-refractivity contribution in [2.75, 3.05) is 11.1 Å². The number of nitrogens with two attached hydrogens (primary N) is 1. The molecule has 1 amide bonds. The summed E-state index contributed by atoms with van der Waals surface area (Å²) in [7, 11) is 0. The molecule has 3 N–H and O–H groups in total. The maximum absolute atomic E-state index is 12.2. The van der Waals surface area contributed by atoms with Crippen LogP contribution < -0.4 is 11.1 Å². The van der Waals surface area contributed by atoms with Crippen LogP contribution in [0.4, 0.5) is 11.4 Å². The van der Waals surface area contributed by atoms with Crippen molar-refractivity contribution in [3.63, 3.8) is 0 Å². The van der Waals surface area contributed by atoms with Crippen LogP contribution in [0.2, 0.25) is 5.02 Å². The van der Waals surface area contributed by atoms with Gasteiger partial charge in [-0.2, -0.15) is 0 Å². The molecule has 0 aliphatic rings. The molecule has 2 aromatic carbocycles. The van der Waals surface area contributed by atoms with E-state index in [9.17, 15) is 4.79 Å². The molecule has 5 heteroatoms. The molecule has 0 bridgehead atoms. The van der Waals surface area contributed by atoms with Gasteiger partial charge in [0, 0.05) is 26.4 Å². The van der Waals surface area contributed by atoms with Crippen LogP contribution in [0.25, 0.3) is 0 Å². The Hall–Kier alpha value is -1.52. The Balaban J connectivity index is 2.28. The van der Waals surface area contributed by atoms with Gasteiger partial charge < -0.3 is 11.1 Å². The molecule has 0 unspecified atom stereocenters. The topological polar surface area (TPSA) is 55.1 Å². The Bertz CT molecular complexity index is 623. The van der Waals surface area contributed by atoms with Gasteiger partial charge in [-0.05, 0) is 42.8 Å². The summed E-state index contributed by atoms with van der Waals surface area (Å²) in [6.07, 6.45) is 0. The predicted molar refractivity (Wildman–Crippen MR) is 82.7 cm³/mol. The van der Waals surface area contributed by atoms with E-state index in [2.05, 4.69) is 21.2 Å². The average molecular weight is 340 g/mol. The van der Waals surface area contributed by atoms with Crippen LogP contribution >= 0.6 is 27.5 Å². The number of halogens is 2. The van der Waals surface area contributed by atoms with E-state index in [1.54, 1.807) is 30.3 Å². The van der Waals surface area contributed by atoms with Crippen molar-refractivity contribution in [3.05, 3.63) is 57.0 Å². The normalized spacial score (nSPS) is 10.3. The lowest BCUT2D eigenvalue weighted by Gasteiger charge is -2.10. The van der Waals surface area contributed by atoms with E-state index in [-0.39, 0.29) is 5.91 Å². The predicted octanol–water partition coefficient (Wildman–Crippen LogP) is 4.25. The molecule has 0 aliphatic carbocycles. The number of carbonyl (C=O) groups is 1. The zero-order valence-electron chi connectivity index (χ0n) is 10.2. The number of carbonyl (C=O) groups excluding carboxylic acids is 1. The molecule has 98 valence electrons. The molecule has 0 heterocycles. The number of rotatable bonds is 2. The van der Waals surface area contributed by atoms with Gasteiger partial charge in [0.05, 0.1) is 0 Å². The van der Waals surface area contributed by atoms with E-state index in [4.69, 9.17) is 17.3 Å². The Morgan fingerprint density at radius 3 is 2.74 bits per heavy atom. The summed E-state index contributed by atoms with van der Waals surface area (Å²) >= 11 is 9.23. The minimum atomic E-state index is -0.225. The zero-order valence-corrected chi connectivity index (χ0v) is 12.5. The number of nitrogens with one attached hydrogen (secondary N) is 1. The summed E-state index contributed by atoms with van der Waals surface area (Å²) in [5.41, 5.74) is 8.47. The largest absolute Gasteiger partial charge is 0.398 e. The lowest BCUT2D eigenvalue weighted by Crippen LogP contribution is -2.13. The van der Waals surface area contributed by atoms with Gasteiger partial charge in [0.25, 0.3) is 5.91 Å². The fraction of sp³-hybridized carbons (Fsp3) is 0.0714. The SMILES string of the molecule is Cc1c(N)cccc1NC(=O)c1cc(Cl)cc(Br)c1. The Morgan fingerprint density at radius 2 is 2.05 bits per heavy atom. The molecule has 19 heavy (non-hydrogen) atoms. The first-order chi connectivity index (χ1) is 8.97. The van der Waals surface area contributed by atoms with Gasteiger partial charge >= 0.3 is 0 Å². The molecule has 0 radical (unpaired) electrons. The molecule has 0 fully saturated rings. The second-order valence-corrected chi connectivity index (χ2v) is 5.48. The Morgan fingerprint density at radius 1 is 1.32 bits per heavy atom. The van der Waals surface area contributed by atoms with Gasteiger partial charge in [-0.3, -0.25) is 4.79 Å². The minimum Gasteiger partial charge on any atom is -0.398 e. The van der Waals surface area contributed by atoms with Crippen molar-refractivity contribution in [2.24, 2.45) is 0 Å². The molecule has 0 aliphatic heterocycles. The molecule has 0 saturated heterocycles. The minimum absolute atomic E-state index is 0.225. The Labute approximate surface area is 124 Å². The average Bonchev–Trinajstić information content (AvgIpc) is 2.33. The maximum atomic E-state index is 12.2. The molecule has 3 nitrogen and oxygen atoms in total. The lowest BCUT2D eigenvalue weighted by atomic mass is 10.1. The lowest BCUT2D eigenvalue weighted by molar-refractivity contribution is 0.102. The van der Waals surface area contributed by atoms with Crippen molar-refractivity contribution in [1.29, 1.82) is 0 Å². The van der Waals surface area contributed by atoms with E-state index < -0.39 is 0 Å². The van der Waals surface area contributed by atoms with Crippen LogP contribution in [-0.2, 0) is 0 Å². The van der Waals surface area contributed by atoms with Gasteiger partial charge in [-0.1, -0.05) is 33.6 Å². The molecule has 0 aromatic heterocycles. The number of nitrogen functional groups attached to an aromatic ring is 1. The molecule has 2 aromatic rings.